The lowest BCUT2D eigenvalue weighted by Gasteiger charge is -2.19. The van der Waals surface area contributed by atoms with Gasteiger partial charge in [0.25, 0.3) is 0 Å². The zero-order chi connectivity index (χ0) is 24.0. The summed E-state index contributed by atoms with van der Waals surface area (Å²) >= 11 is 0. The van der Waals surface area contributed by atoms with Crippen LogP contribution in [-0.4, -0.2) is 15.9 Å². The Kier molecular flexibility index (Phi) is 7.83. The first-order valence-electron chi connectivity index (χ1n) is 11.1. The molecule has 33 heavy (non-hydrogen) atoms. The van der Waals surface area contributed by atoms with Crippen molar-refractivity contribution in [3.8, 4) is 5.75 Å². The highest BCUT2D eigenvalue weighted by atomic mass is 16.5. The van der Waals surface area contributed by atoms with Crippen molar-refractivity contribution in [3.05, 3.63) is 84.1 Å². The summed E-state index contributed by atoms with van der Waals surface area (Å²) in [4.78, 5) is 23.3. The van der Waals surface area contributed by atoms with Gasteiger partial charge in [0.15, 0.2) is 0 Å². The molecule has 0 saturated heterocycles. The van der Waals surface area contributed by atoms with Gasteiger partial charge >= 0.3 is 0 Å². The second kappa shape index (κ2) is 10.8. The van der Waals surface area contributed by atoms with Gasteiger partial charge in [-0.1, -0.05) is 38.6 Å². The number of aryl methyl sites for hydroxylation is 2. The standard InChI is InChI=1S/C27H32N4O2/c1-7-14-31(8-2)24-15-20(6)30-26-21(24)10-9-11-25(26)33-17-22-19(5)12-13-28-23(22)16-29-27(32)18(3)4/h7-15,18H,2,16-17H2,1,3-6H3,(H,29,32)/b14-7-. The van der Waals surface area contributed by atoms with Crippen LogP contribution in [0.3, 0.4) is 0 Å². The summed E-state index contributed by atoms with van der Waals surface area (Å²) in [6, 6.07) is 9.92. The number of pyridine rings is 2. The number of amides is 1. The molecule has 2 aromatic heterocycles. The molecular weight excluding hydrogens is 412 g/mol. The fraction of sp³-hybridized carbons (Fsp3) is 0.296. The lowest BCUT2D eigenvalue weighted by molar-refractivity contribution is -0.124. The number of carbonyl (C=O) groups excluding carboxylic acids is 1. The number of rotatable bonds is 9. The van der Waals surface area contributed by atoms with Crippen LogP contribution in [0.25, 0.3) is 10.9 Å². The summed E-state index contributed by atoms with van der Waals surface area (Å²) < 4.78 is 6.29. The lowest BCUT2D eigenvalue weighted by atomic mass is 10.1. The number of carbonyl (C=O) groups is 1. The fourth-order valence-corrected chi connectivity index (χ4v) is 3.58. The first kappa shape index (κ1) is 24.0. The Morgan fingerprint density at radius 1 is 1.27 bits per heavy atom. The van der Waals surface area contributed by atoms with E-state index in [0.29, 0.717) is 18.9 Å². The molecule has 0 fully saturated rings. The number of nitrogens with one attached hydrogen (secondary N) is 1. The Balaban J connectivity index is 1.93. The van der Waals surface area contributed by atoms with E-state index in [1.165, 1.54) is 0 Å². The number of hydrogen-bond donors (Lipinski definition) is 1. The van der Waals surface area contributed by atoms with Crippen LogP contribution >= 0.6 is 0 Å². The summed E-state index contributed by atoms with van der Waals surface area (Å²) in [6.07, 6.45) is 7.47. The van der Waals surface area contributed by atoms with Crippen molar-refractivity contribution in [2.75, 3.05) is 4.90 Å². The average molecular weight is 445 g/mol. The maximum absolute atomic E-state index is 12.0. The summed E-state index contributed by atoms with van der Waals surface area (Å²) in [5.41, 5.74) is 5.51. The molecule has 0 aliphatic carbocycles. The second-order valence-corrected chi connectivity index (χ2v) is 8.22. The molecule has 0 aliphatic rings. The highest BCUT2D eigenvalue weighted by Crippen LogP contribution is 2.33. The molecule has 0 saturated carbocycles. The predicted octanol–water partition coefficient (Wildman–Crippen LogP) is 5.58. The van der Waals surface area contributed by atoms with E-state index in [4.69, 9.17) is 9.72 Å². The average Bonchev–Trinajstić information content (AvgIpc) is 2.79. The Hall–Kier alpha value is -3.67. The molecule has 0 radical (unpaired) electrons. The van der Waals surface area contributed by atoms with Gasteiger partial charge in [0.2, 0.25) is 5.91 Å². The normalized spacial score (nSPS) is 11.2. The minimum Gasteiger partial charge on any atom is -0.487 e. The van der Waals surface area contributed by atoms with Gasteiger partial charge in [0, 0.05) is 41.2 Å². The Morgan fingerprint density at radius 3 is 2.76 bits per heavy atom. The van der Waals surface area contributed by atoms with Gasteiger partial charge in [-0.3, -0.25) is 9.78 Å². The zero-order valence-electron chi connectivity index (χ0n) is 20.1. The molecule has 0 unspecified atom stereocenters. The number of fused-ring (bicyclic) bond motifs is 1. The molecule has 0 spiro atoms. The molecule has 2 heterocycles. The summed E-state index contributed by atoms with van der Waals surface area (Å²) in [5, 5.41) is 3.92. The van der Waals surface area contributed by atoms with Crippen molar-refractivity contribution in [2.24, 2.45) is 5.92 Å². The van der Waals surface area contributed by atoms with E-state index in [2.05, 4.69) is 16.9 Å². The van der Waals surface area contributed by atoms with Gasteiger partial charge in [-0.15, -0.1) is 0 Å². The third kappa shape index (κ3) is 5.58. The van der Waals surface area contributed by atoms with Crippen LogP contribution in [0.5, 0.6) is 5.75 Å². The molecule has 0 bridgehead atoms. The predicted molar refractivity (Wildman–Crippen MR) is 134 cm³/mol. The van der Waals surface area contributed by atoms with E-state index >= 15 is 0 Å². The highest BCUT2D eigenvalue weighted by molar-refractivity contribution is 5.96. The van der Waals surface area contributed by atoms with Crippen molar-refractivity contribution in [1.82, 2.24) is 15.3 Å². The number of hydrogen-bond acceptors (Lipinski definition) is 5. The number of allylic oxidation sites excluding steroid dienone is 1. The Bertz CT molecular complexity index is 1180. The van der Waals surface area contributed by atoms with Crippen LogP contribution < -0.4 is 15.0 Å². The van der Waals surface area contributed by atoms with Crippen LogP contribution in [0.4, 0.5) is 5.69 Å². The summed E-state index contributed by atoms with van der Waals surface area (Å²) in [7, 11) is 0. The largest absolute Gasteiger partial charge is 0.487 e. The number of benzene rings is 1. The van der Waals surface area contributed by atoms with Crippen molar-refractivity contribution in [1.29, 1.82) is 0 Å². The third-order valence-electron chi connectivity index (χ3n) is 5.40. The van der Waals surface area contributed by atoms with Crippen LogP contribution in [0.2, 0.25) is 0 Å². The maximum Gasteiger partial charge on any atom is 0.222 e. The summed E-state index contributed by atoms with van der Waals surface area (Å²) in [6.45, 7) is 14.3. The Labute approximate surface area is 196 Å². The van der Waals surface area contributed by atoms with Gasteiger partial charge < -0.3 is 15.0 Å². The first-order valence-corrected chi connectivity index (χ1v) is 11.1. The second-order valence-electron chi connectivity index (χ2n) is 8.22. The fourth-order valence-electron chi connectivity index (χ4n) is 3.58. The molecule has 0 aliphatic heterocycles. The molecule has 3 rings (SSSR count). The number of ether oxygens (including phenoxy) is 1. The highest BCUT2D eigenvalue weighted by Gasteiger charge is 2.15. The number of para-hydroxylation sites is 1. The molecular formula is C27H32N4O2. The first-order chi connectivity index (χ1) is 15.8. The Morgan fingerprint density at radius 2 is 2.06 bits per heavy atom. The molecule has 172 valence electrons. The van der Waals surface area contributed by atoms with Crippen molar-refractivity contribution < 1.29 is 9.53 Å². The number of anilines is 1. The molecule has 6 nitrogen and oxygen atoms in total. The van der Waals surface area contributed by atoms with Gasteiger partial charge in [-0.05, 0) is 44.5 Å². The monoisotopic (exact) mass is 444 g/mol. The van der Waals surface area contributed by atoms with E-state index in [-0.39, 0.29) is 11.8 Å². The van der Waals surface area contributed by atoms with E-state index < -0.39 is 0 Å². The van der Waals surface area contributed by atoms with Crippen molar-refractivity contribution in [2.45, 2.75) is 47.8 Å². The van der Waals surface area contributed by atoms with Crippen LogP contribution in [0.15, 0.2) is 61.6 Å². The lowest BCUT2D eigenvalue weighted by Crippen LogP contribution is -2.28. The van der Waals surface area contributed by atoms with E-state index in [1.54, 1.807) is 12.4 Å². The maximum atomic E-state index is 12.0. The van der Waals surface area contributed by atoms with Crippen molar-refractivity contribution in [3.63, 3.8) is 0 Å². The van der Waals surface area contributed by atoms with Crippen LogP contribution in [0.1, 0.15) is 43.3 Å². The van der Waals surface area contributed by atoms with E-state index in [1.807, 2.05) is 82.1 Å². The van der Waals surface area contributed by atoms with Gasteiger partial charge in [-0.25, -0.2) is 4.98 Å². The molecule has 1 N–H and O–H groups in total. The van der Waals surface area contributed by atoms with Gasteiger partial charge in [0.1, 0.15) is 17.9 Å². The van der Waals surface area contributed by atoms with E-state index in [0.717, 1.165) is 39.1 Å². The summed E-state index contributed by atoms with van der Waals surface area (Å²) in [5.74, 6) is 0.619. The molecule has 1 amide bonds. The quantitative estimate of drug-likeness (QED) is 0.467. The van der Waals surface area contributed by atoms with Crippen LogP contribution in [0, 0.1) is 19.8 Å². The molecule has 6 heteroatoms. The van der Waals surface area contributed by atoms with Crippen LogP contribution in [-0.2, 0) is 17.9 Å². The number of aromatic nitrogens is 2. The van der Waals surface area contributed by atoms with Crippen molar-refractivity contribution >= 4 is 22.5 Å². The molecule has 3 aromatic rings. The van der Waals surface area contributed by atoms with Gasteiger partial charge in [0.05, 0.1) is 17.9 Å². The third-order valence-corrected chi connectivity index (χ3v) is 5.40. The van der Waals surface area contributed by atoms with E-state index in [9.17, 15) is 4.79 Å². The topological polar surface area (TPSA) is 67.3 Å². The molecule has 1 aromatic carbocycles. The molecule has 0 atom stereocenters. The smallest absolute Gasteiger partial charge is 0.222 e. The zero-order valence-corrected chi connectivity index (χ0v) is 20.1. The SMILES string of the molecule is C=CN(/C=C\C)c1cc(C)nc2c(OCc3c(C)ccnc3CNC(=O)C(C)C)cccc12. The number of nitrogens with zero attached hydrogens (tertiary/aromatic N) is 3. The minimum atomic E-state index is -0.0774. The minimum absolute atomic E-state index is 0.000616. The van der Waals surface area contributed by atoms with Gasteiger partial charge in [-0.2, -0.15) is 0 Å².